The maximum Gasteiger partial charge on any atom is 0.319 e. The summed E-state index contributed by atoms with van der Waals surface area (Å²) in [5, 5.41) is 5.65. The summed E-state index contributed by atoms with van der Waals surface area (Å²) in [5.74, 6) is -0.978. The summed E-state index contributed by atoms with van der Waals surface area (Å²) in [7, 11) is 1.29. The van der Waals surface area contributed by atoms with Crippen LogP contribution in [0.2, 0.25) is 0 Å². The van der Waals surface area contributed by atoms with Crippen LogP contribution in [0.15, 0.2) is 30.3 Å². The Bertz CT molecular complexity index is 561. The summed E-state index contributed by atoms with van der Waals surface area (Å²) < 4.78 is 9.75. The van der Waals surface area contributed by atoms with Crippen LogP contribution in [0.5, 0.6) is 0 Å². The van der Waals surface area contributed by atoms with Crippen LogP contribution in [-0.4, -0.2) is 43.6 Å². The van der Waals surface area contributed by atoms with Crippen LogP contribution in [0.25, 0.3) is 0 Å². The zero-order chi connectivity index (χ0) is 16.7. The molecule has 0 saturated carbocycles. The first-order chi connectivity index (χ1) is 11.1. The third kappa shape index (κ3) is 5.37. The number of hydrogen-bond donors (Lipinski definition) is 2. The van der Waals surface area contributed by atoms with Gasteiger partial charge in [-0.05, 0) is 5.56 Å². The number of rotatable bonds is 7. The fraction of sp³-hybridized carbons (Fsp3) is 0.438. The Morgan fingerprint density at radius 3 is 2.70 bits per heavy atom. The van der Waals surface area contributed by atoms with E-state index in [9.17, 15) is 14.4 Å². The van der Waals surface area contributed by atoms with Gasteiger partial charge in [0.1, 0.15) is 6.61 Å². The Kier molecular flexibility index (Phi) is 6.10. The summed E-state index contributed by atoms with van der Waals surface area (Å²) in [6.45, 7) is 0.187. The van der Waals surface area contributed by atoms with Crippen LogP contribution in [0.3, 0.4) is 0 Å². The minimum Gasteiger partial charge on any atom is -0.468 e. The highest BCUT2D eigenvalue weighted by atomic mass is 16.5. The van der Waals surface area contributed by atoms with E-state index >= 15 is 0 Å². The molecular formula is C16H20N2O5. The second-order valence-electron chi connectivity index (χ2n) is 5.29. The van der Waals surface area contributed by atoms with Crippen LogP contribution < -0.4 is 10.6 Å². The second-order valence-corrected chi connectivity index (χ2v) is 5.29. The van der Waals surface area contributed by atoms with Gasteiger partial charge in [-0.3, -0.25) is 14.4 Å². The van der Waals surface area contributed by atoms with E-state index in [0.717, 1.165) is 5.56 Å². The molecule has 2 atom stereocenters. The molecule has 0 spiro atoms. The smallest absolute Gasteiger partial charge is 0.319 e. The summed E-state index contributed by atoms with van der Waals surface area (Å²) in [4.78, 5) is 34.6. The van der Waals surface area contributed by atoms with Crippen molar-refractivity contribution in [3.63, 3.8) is 0 Å². The molecule has 1 aliphatic heterocycles. The van der Waals surface area contributed by atoms with Crippen molar-refractivity contribution < 1.29 is 23.9 Å². The average molecular weight is 320 g/mol. The SMILES string of the molecule is COC(=O)CN[C@H]1CC(=O)N[C@H]1CC(=O)OCc1ccccc1. The molecule has 7 heteroatoms. The van der Waals surface area contributed by atoms with Gasteiger partial charge in [0.25, 0.3) is 0 Å². The molecule has 2 N–H and O–H groups in total. The summed E-state index contributed by atoms with van der Waals surface area (Å²) in [5.41, 5.74) is 0.900. The van der Waals surface area contributed by atoms with Crippen molar-refractivity contribution in [3.05, 3.63) is 35.9 Å². The van der Waals surface area contributed by atoms with Gasteiger partial charge >= 0.3 is 11.9 Å². The molecule has 0 unspecified atom stereocenters. The quantitative estimate of drug-likeness (QED) is 0.694. The fourth-order valence-electron chi connectivity index (χ4n) is 2.38. The van der Waals surface area contributed by atoms with E-state index in [1.807, 2.05) is 30.3 Å². The monoisotopic (exact) mass is 320 g/mol. The van der Waals surface area contributed by atoms with E-state index in [-0.39, 0.29) is 37.9 Å². The maximum atomic E-state index is 11.9. The first-order valence-corrected chi connectivity index (χ1v) is 7.37. The summed E-state index contributed by atoms with van der Waals surface area (Å²) >= 11 is 0. The van der Waals surface area contributed by atoms with Gasteiger partial charge < -0.3 is 20.1 Å². The minimum atomic E-state index is -0.422. The van der Waals surface area contributed by atoms with E-state index in [1.54, 1.807) is 0 Å². The highest BCUT2D eigenvalue weighted by Crippen LogP contribution is 2.13. The van der Waals surface area contributed by atoms with Crippen molar-refractivity contribution in [3.8, 4) is 0 Å². The molecule has 0 bridgehead atoms. The molecule has 1 aromatic carbocycles. The highest BCUT2D eigenvalue weighted by molar-refractivity contribution is 5.82. The molecule has 0 aliphatic carbocycles. The number of carbonyl (C=O) groups excluding carboxylic acids is 3. The lowest BCUT2D eigenvalue weighted by molar-refractivity contribution is -0.145. The standard InChI is InChI=1S/C16H20N2O5/c1-22-16(21)9-17-12-7-14(19)18-13(12)8-15(20)23-10-11-5-3-2-4-6-11/h2-6,12-13,17H,7-10H2,1H3,(H,18,19)/t12-,13-/m0/s1. The van der Waals surface area contributed by atoms with Crippen molar-refractivity contribution in [1.82, 2.24) is 10.6 Å². The van der Waals surface area contributed by atoms with E-state index in [1.165, 1.54) is 7.11 Å². The lowest BCUT2D eigenvalue weighted by Crippen LogP contribution is -2.44. The molecule has 124 valence electrons. The number of amides is 1. The van der Waals surface area contributed by atoms with Gasteiger partial charge in [-0.2, -0.15) is 0 Å². The zero-order valence-electron chi connectivity index (χ0n) is 12.9. The Morgan fingerprint density at radius 2 is 2.00 bits per heavy atom. The third-order valence-corrected chi connectivity index (χ3v) is 3.60. The van der Waals surface area contributed by atoms with Crippen LogP contribution >= 0.6 is 0 Å². The number of esters is 2. The summed E-state index contributed by atoms with van der Waals surface area (Å²) in [6, 6.07) is 8.66. The second kappa shape index (κ2) is 8.28. The lowest BCUT2D eigenvalue weighted by atomic mass is 10.1. The Morgan fingerprint density at radius 1 is 1.26 bits per heavy atom. The van der Waals surface area contributed by atoms with Gasteiger partial charge in [0.05, 0.1) is 26.1 Å². The molecule has 1 aromatic rings. The van der Waals surface area contributed by atoms with Gasteiger partial charge in [-0.1, -0.05) is 30.3 Å². The molecule has 1 aliphatic rings. The minimum absolute atomic E-state index is 0.00824. The number of carbonyl (C=O) groups is 3. The molecular weight excluding hydrogens is 300 g/mol. The van der Waals surface area contributed by atoms with Crippen molar-refractivity contribution >= 4 is 17.8 Å². The maximum absolute atomic E-state index is 11.9. The van der Waals surface area contributed by atoms with Gasteiger partial charge in [-0.25, -0.2) is 0 Å². The van der Waals surface area contributed by atoms with Gasteiger partial charge in [0, 0.05) is 12.5 Å². The van der Waals surface area contributed by atoms with Crippen molar-refractivity contribution in [2.45, 2.75) is 31.5 Å². The van der Waals surface area contributed by atoms with Crippen LogP contribution in [0.4, 0.5) is 0 Å². The predicted molar refractivity (Wildman–Crippen MR) is 81.2 cm³/mol. The molecule has 23 heavy (non-hydrogen) atoms. The Hall–Kier alpha value is -2.41. The lowest BCUT2D eigenvalue weighted by Gasteiger charge is -2.19. The summed E-state index contributed by atoms with van der Waals surface area (Å²) in [6.07, 6.45) is 0.269. The highest BCUT2D eigenvalue weighted by Gasteiger charge is 2.34. The van der Waals surface area contributed by atoms with Crippen molar-refractivity contribution in [1.29, 1.82) is 0 Å². The molecule has 1 amide bonds. The van der Waals surface area contributed by atoms with E-state index in [2.05, 4.69) is 15.4 Å². The fourth-order valence-corrected chi connectivity index (χ4v) is 2.38. The molecule has 1 fully saturated rings. The number of nitrogens with one attached hydrogen (secondary N) is 2. The third-order valence-electron chi connectivity index (χ3n) is 3.60. The predicted octanol–water partition coefficient (Wildman–Crippen LogP) is 0.140. The number of ether oxygens (including phenoxy) is 2. The van der Waals surface area contributed by atoms with Crippen molar-refractivity contribution in [2.24, 2.45) is 0 Å². The zero-order valence-corrected chi connectivity index (χ0v) is 12.9. The van der Waals surface area contributed by atoms with Crippen LogP contribution in [-0.2, 0) is 30.5 Å². The van der Waals surface area contributed by atoms with Gasteiger partial charge in [-0.15, -0.1) is 0 Å². The molecule has 1 heterocycles. The largest absolute Gasteiger partial charge is 0.468 e. The topological polar surface area (TPSA) is 93.7 Å². The normalized spacial score (nSPS) is 20.0. The van der Waals surface area contributed by atoms with E-state index in [0.29, 0.717) is 0 Å². The molecule has 0 radical (unpaired) electrons. The molecule has 2 rings (SSSR count). The Labute approximate surface area is 134 Å². The van der Waals surface area contributed by atoms with Gasteiger partial charge in [0.2, 0.25) is 5.91 Å². The van der Waals surface area contributed by atoms with Crippen LogP contribution in [0.1, 0.15) is 18.4 Å². The first kappa shape index (κ1) is 17.0. The first-order valence-electron chi connectivity index (χ1n) is 7.37. The average Bonchev–Trinajstić information content (AvgIpc) is 2.91. The number of hydrogen-bond acceptors (Lipinski definition) is 6. The number of benzene rings is 1. The molecule has 7 nitrogen and oxygen atoms in total. The van der Waals surface area contributed by atoms with Crippen molar-refractivity contribution in [2.75, 3.05) is 13.7 Å². The van der Waals surface area contributed by atoms with Crippen LogP contribution in [0, 0.1) is 0 Å². The van der Waals surface area contributed by atoms with E-state index in [4.69, 9.17) is 4.74 Å². The van der Waals surface area contributed by atoms with Gasteiger partial charge in [0.15, 0.2) is 0 Å². The molecule has 1 saturated heterocycles. The molecule has 0 aromatic heterocycles. The Balaban J connectivity index is 1.80. The number of methoxy groups -OCH3 is 1. The van der Waals surface area contributed by atoms with E-state index < -0.39 is 18.0 Å².